The highest BCUT2D eigenvalue weighted by Gasteiger charge is 2.24. The van der Waals surface area contributed by atoms with Crippen molar-refractivity contribution in [3.05, 3.63) is 22.8 Å². The predicted octanol–water partition coefficient (Wildman–Crippen LogP) is 1.53. The second kappa shape index (κ2) is 5.65. The Labute approximate surface area is 107 Å². The Bertz CT molecular complexity index is 367. The molecular weight excluding hydrogens is 290 g/mol. The highest BCUT2D eigenvalue weighted by molar-refractivity contribution is 9.10. The van der Waals surface area contributed by atoms with Gasteiger partial charge in [0, 0.05) is 16.4 Å². The Morgan fingerprint density at radius 2 is 2.31 bits per heavy atom. The van der Waals surface area contributed by atoms with E-state index in [0.717, 1.165) is 9.50 Å². The summed E-state index contributed by atoms with van der Waals surface area (Å²) >= 11 is 4.87. The number of nitrogens with two attached hydrogens (primary N) is 2. The second-order valence-electron chi connectivity index (χ2n) is 3.69. The molecule has 0 aliphatic carbocycles. The maximum Gasteiger partial charge on any atom is 0.237 e. The maximum atomic E-state index is 11.0. The summed E-state index contributed by atoms with van der Waals surface area (Å²) in [5.74, 6) is 0.238. The number of pyridine rings is 1. The molecular formula is C10H14BrN3OS. The van der Waals surface area contributed by atoms with Gasteiger partial charge in [-0.3, -0.25) is 4.79 Å². The molecule has 88 valence electrons. The lowest BCUT2D eigenvalue weighted by atomic mass is 10.0. The minimum Gasteiger partial charge on any atom is -0.368 e. The van der Waals surface area contributed by atoms with Gasteiger partial charge in [-0.15, -0.1) is 11.8 Å². The highest BCUT2D eigenvalue weighted by atomic mass is 79.9. The Hall–Kier alpha value is -0.590. The van der Waals surface area contributed by atoms with Crippen LogP contribution in [0.5, 0.6) is 0 Å². The first-order chi connectivity index (χ1) is 7.42. The first-order valence-electron chi connectivity index (χ1n) is 4.75. The van der Waals surface area contributed by atoms with Gasteiger partial charge >= 0.3 is 0 Å². The molecule has 0 bridgehead atoms. The monoisotopic (exact) mass is 303 g/mol. The third-order valence-corrected chi connectivity index (χ3v) is 3.55. The summed E-state index contributed by atoms with van der Waals surface area (Å²) in [4.78, 5) is 15.2. The van der Waals surface area contributed by atoms with Crippen LogP contribution in [0.1, 0.15) is 13.3 Å². The first kappa shape index (κ1) is 13.5. The van der Waals surface area contributed by atoms with E-state index in [1.54, 1.807) is 24.9 Å². The van der Waals surface area contributed by atoms with Crippen molar-refractivity contribution in [2.24, 2.45) is 11.5 Å². The molecule has 1 amide bonds. The van der Waals surface area contributed by atoms with Crippen LogP contribution in [0.4, 0.5) is 0 Å². The Kier molecular flexibility index (Phi) is 4.76. The number of carbonyl (C=O) groups is 1. The third kappa shape index (κ3) is 4.11. The first-order valence-corrected chi connectivity index (χ1v) is 6.53. The fraction of sp³-hybridized carbons (Fsp3) is 0.400. The van der Waals surface area contributed by atoms with Gasteiger partial charge in [-0.05, 0) is 41.4 Å². The van der Waals surface area contributed by atoms with Crippen LogP contribution in [0, 0.1) is 0 Å². The largest absolute Gasteiger partial charge is 0.368 e. The Morgan fingerprint density at radius 1 is 1.62 bits per heavy atom. The molecule has 0 aromatic carbocycles. The second-order valence-corrected chi connectivity index (χ2v) is 5.73. The van der Waals surface area contributed by atoms with Gasteiger partial charge in [0.1, 0.15) is 0 Å². The van der Waals surface area contributed by atoms with E-state index in [1.165, 1.54) is 0 Å². The molecule has 1 unspecified atom stereocenters. The number of carbonyl (C=O) groups excluding carboxylic acids is 1. The van der Waals surface area contributed by atoms with Gasteiger partial charge in [0.25, 0.3) is 0 Å². The Morgan fingerprint density at radius 3 is 2.81 bits per heavy atom. The standard InChI is InChI=1S/C10H14BrN3OS/c1-10(13,9(12)15)4-5-16-8-3-2-7(11)6-14-8/h2-3,6H,4-5,13H2,1H3,(H2,12,15). The number of hydrogen-bond acceptors (Lipinski definition) is 4. The van der Waals surface area contributed by atoms with Crippen molar-refractivity contribution in [1.82, 2.24) is 4.98 Å². The predicted molar refractivity (Wildman–Crippen MR) is 69.1 cm³/mol. The van der Waals surface area contributed by atoms with Crippen LogP contribution < -0.4 is 11.5 Å². The molecule has 0 aliphatic rings. The average molecular weight is 304 g/mol. The van der Waals surface area contributed by atoms with Crippen LogP contribution in [-0.2, 0) is 4.79 Å². The van der Waals surface area contributed by atoms with Gasteiger partial charge in [-0.1, -0.05) is 0 Å². The average Bonchev–Trinajstić information content (AvgIpc) is 2.20. The van der Waals surface area contributed by atoms with Crippen LogP contribution in [0.25, 0.3) is 0 Å². The number of primary amides is 1. The van der Waals surface area contributed by atoms with Crippen molar-refractivity contribution in [3.8, 4) is 0 Å². The number of thioether (sulfide) groups is 1. The highest BCUT2D eigenvalue weighted by Crippen LogP contribution is 2.20. The lowest BCUT2D eigenvalue weighted by molar-refractivity contribution is -0.122. The number of aromatic nitrogens is 1. The zero-order valence-electron chi connectivity index (χ0n) is 8.94. The minimum absolute atomic E-state index is 0.475. The molecule has 1 heterocycles. The number of halogens is 1. The van der Waals surface area contributed by atoms with E-state index in [4.69, 9.17) is 11.5 Å². The fourth-order valence-corrected chi connectivity index (χ4v) is 2.20. The summed E-state index contributed by atoms with van der Waals surface area (Å²) in [7, 11) is 0. The van der Waals surface area contributed by atoms with Crippen molar-refractivity contribution in [2.45, 2.75) is 23.9 Å². The number of rotatable bonds is 5. The van der Waals surface area contributed by atoms with E-state index in [0.29, 0.717) is 12.2 Å². The van der Waals surface area contributed by atoms with Crippen molar-refractivity contribution in [3.63, 3.8) is 0 Å². The van der Waals surface area contributed by atoms with Crippen molar-refractivity contribution in [2.75, 3.05) is 5.75 Å². The van der Waals surface area contributed by atoms with Crippen LogP contribution in [0.3, 0.4) is 0 Å². The van der Waals surface area contributed by atoms with Crippen LogP contribution in [-0.4, -0.2) is 22.2 Å². The summed E-state index contributed by atoms with van der Waals surface area (Å²) in [5.41, 5.74) is 9.96. The van der Waals surface area contributed by atoms with Crippen molar-refractivity contribution >= 4 is 33.6 Å². The molecule has 6 heteroatoms. The van der Waals surface area contributed by atoms with Crippen LogP contribution in [0.15, 0.2) is 27.8 Å². The summed E-state index contributed by atoms with van der Waals surface area (Å²) in [6, 6.07) is 3.83. The zero-order valence-corrected chi connectivity index (χ0v) is 11.3. The molecule has 4 N–H and O–H groups in total. The molecule has 1 atom stereocenters. The molecule has 1 aromatic heterocycles. The van der Waals surface area contributed by atoms with Gasteiger partial charge in [0.2, 0.25) is 5.91 Å². The van der Waals surface area contributed by atoms with E-state index in [9.17, 15) is 4.79 Å². The van der Waals surface area contributed by atoms with Gasteiger partial charge in [0.15, 0.2) is 0 Å². The van der Waals surface area contributed by atoms with Crippen LogP contribution >= 0.6 is 27.7 Å². The molecule has 0 saturated heterocycles. The number of nitrogens with zero attached hydrogens (tertiary/aromatic N) is 1. The molecule has 0 aliphatic heterocycles. The maximum absolute atomic E-state index is 11.0. The Balaban J connectivity index is 2.41. The number of amides is 1. The summed E-state index contributed by atoms with van der Waals surface area (Å²) in [6.07, 6.45) is 2.27. The molecule has 1 rings (SSSR count). The van der Waals surface area contributed by atoms with Gasteiger partial charge in [0.05, 0.1) is 10.6 Å². The SMILES string of the molecule is CC(N)(CCSc1ccc(Br)cn1)C(N)=O. The smallest absolute Gasteiger partial charge is 0.237 e. The van der Waals surface area contributed by atoms with Crippen molar-refractivity contribution < 1.29 is 4.79 Å². The van der Waals surface area contributed by atoms with E-state index in [-0.39, 0.29) is 0 Å². The fourth-order valence-electron chi connectivity index (χ4n) is 0.938. The van der Waals surface area contributed by atoms with E-state index in [1.807, 2.05) is 12.1 Å². The number of hydrogen-bond donors (Lipinski definition) is 2. The molecule has 0 saturated carbocycles. The van der Waals surface area contributed by atoms with Crippen LogP contribution in [0.2, 0.25) is 0 Å². The molecule has 16 heavy (non-hydrogen) atoms. The summed E-state index contributed by atoms with van der Waals surface area (Å²) in [6.45, 7) is 1.64. The molecule has 0 spiro atoms. The van der Waals surface area contributed by atoms with Crippen molar-refractivity contribution in [1.29, 1.82) is 0 Å². The van der Waals surface area contributed by atoms with E-state index < -0.39 is 11.4 Å². The lowest BCUT2D eigenvalue weighted by Crippen LogP contribution is -2.49. The third-order valence-electron chi connectivity index (χ3n) is 2.13. The summed E-state index contributed by atoms with van der Waals surface area (Å²) in [5, 5.41) is 0.906. The molecule has 0 radical (unpaired) electrons. The van der Waals surface area contributed by atoms with E-state index >= 15 is 0 Å². The van der Waals surface area contributed by atoms with Gasteiger partial charge in [-0.25, -0.2) is 4.98 Å². The van der Waals surface area contributed by atoms with Gasteiger partial charge in [-0.2, -0.15) is 0 Å². The summed E-state index contributed by atoms with van der Waals surface area (Å²) < 4.78 is 0.942. The van der Waals surface area contributed by atoms with E-state index in [2.05, 4.69) is 20.9 Å². The zero-order chi connectivity index (χ0) is 12.2. The minimum atomic E-state index is -0.942. The van der Waals surface area contributed by atoms with Gasteiger partial charge < -0.3 is 11.5 Å². The normalized spacial score (nSPS) is 14.4. The molecule has 0 fully saturated rings. The molecule has 1 aromatic rings. The topological polar surface area (TPSA) is 82.0 Å². The lowest BCUT2D eigenvalue weighted by Gasteiger charge is -2.19. The quantitative estimate of drug-likeness (QED) is 0.808. The molecule has 4 nitrogen and oxygen atoms in total.